The number of rotatable bonds is 5. The van der Waals surface area contributed by atoms with Crippen molar-refractivity contribution in [3.05, 3.63) is 29.6 Å². The fourth-order valence-electron chi connectivity index (χ4n) is 1.71. The van der Waals surface area contributed by atoms with E-state index in [4.69, 9.17) is 5.73 Å². The lowest BCUT2D eigenvalue weighted by Crippen LogP contribution is -2.36. The van der Waals surface area contributed by atoms with Crippen LogP contribution in [0.4, 0.5) is 10.1 Å². The fraction of sp³-hybridized carbons (Fsp3) is 0.429. The number of nitrogens with one attached hydrogen (secondary N) is 1. The van der Waals surface area contributed by atoms with Gasteiger partial charge in [-0.25, -0.2) is 9.18 Å². The van der Waals surface area contributed by atoms with Crippen molar-refractivity contribution in [1.29, 1.82) is 0 Å². The number of anilines is 1. The average Bonchev–Trinajstić information content (AvgIpc) is 2.39. The van der Waals surface area contributed by atoms with E-state index in [-0.39, 0.29) is 17.2 Å². The summed E-state index contributed by atoms with van der Waals surface area (Å²) in [5.74, 6) is -1.48. The molecule has 0 aliphatic rings. The number of hydrogen-bond donors (Lipinski definition) is 2. The Morgan fingerprint density at radius 3 is 2.60 bits per heavy atom. The summed E-state index contributed by atoms with van der Waals surface area (Å²) in [6.45, 7) is 3.87. The van der Waals surface area contributed by atoms with Gasteiger partial charge in [0.1, 0.15) is 5.82 Å². The zero-order chi connectivity index (χ0) is 15.3. The van der Waals surface area contributed by atoms with Gasteiger partial charge >= 0.3 is 5.97 Å². The number of nitrogens with two attached hydrogens (primary N) is 1. The third-order valence-electron chi connectivity index (χ3n) is 2.71. The van der Waals surface area contributed by atoms with Crippen LogP contribution in [0, 0.1) is 11.7 Å². The monoisotopic (exact) mass is 282 g/mol. The van der Waals surface area contributed by atoms with Gasteiger partial charge in [0.2, 0.25) is 5.91 Å². The van der Waals surface area contributed by atoms with Gasteiger partial charge in [-0.15, -0.1) is 0 Å². The molecule has 0 aliphatic heterocycles. The smallest absolute Gasteiger partial charge is 0.337 e. The van der Waals surface area contributed by atoms with Gasteiger partial charge in [0, 0.05) is 0 Å². The molecule has 1 rings (SSSR count). The van der Waals surface area contributed by atoms with Gasteiger partial charge in [-0.3, -0.25) is 4.79 Å². The molecule has 0 heterocycles. The molecular formula is C14H19FN2O3. The second-order valence-corrected chi connectivity index (χ2v) is 4.91. The largest absolute Gasteiger partial charge is 0.465 e. The number of halogens is 1. The number of carbonyl (C=O) groups is 2. The van der Waals surface area contributed by atoms with Crippen molar-refractivity contribution in [2.24, 2.45) is 11.7 Å². The Labute approximate surface area is 117 Å². The Kier molecular flexibility index (Phi) is 5.64. The molecule has 0 unspecified atom stereocenters. The van der Waals surface area contributed by atoms with Crippen molar-refractivity contribution in [1.82, 2.24) is 0 Å². The number of methoxy groups -OCH3 is 1. The molecule has 5 nitrogen and oxygen atoms in total. The summed E-state index contributed by atoms with van der Waals surface area (Å²) in [6, 6.07) is 2.87. The molecule has 0 aliphatic carbocycles. The van der Waals surface area contributed by atoms with Crippen LogP contribution in [0.25, 0.3) is 0 Å². The molecule has 1 aromatic carbocycles. The van der Waals surface area contributed by atoms with Crippen LogP contribution in [-0.4, -0.2) is 25.0 Å². The topological polar surface area (TPSA) is 81.4 Å². The maximum atomic E-state index is 13.6. The van der Waals surface area contributed by atoms with Gasteiger partial charge < -0.3 is 15.8 Å². The number of amides is 1. The number of ether oxygens (including phenoxy) is 1. The van der Waals surface area contributed by atoms with Gasteiger partial charge in [0.25, 0.3) is 0 Å². The van der Waals surface area contributed by atoms with Crippen LogP contribution in [0.15, 0.2) is 18.2 Å². The van der Waals surface area contributed by atoms with Gasteiger partial charge in [-0.2, -0.15) is 0 Å². The van der Waals surface area contributed by atoms with Crippen molar-refractivity contribution in [3.63, 3.8) is 0 Å². The van der Waals surface area contributed by atoms with E-state index in [1.54, 1.807) is 0 Å². The number of carbonyl (C=O) groups excluding carboxylic acids is 2. The van der Waals surface area contributed by atoms with E-state index in [1.807, 2.05) is 13.8 Å². The van der Waals surface area contributed by atoms with Crippen LogP contribution in [0.3, 0.4) is 0 Å². The Morgan fingerprint density at radius 2 is 2.05 bits per heavy atom. The summed E-state index contributed by atoms with van der Waals surface area (Å²) >= 11 is 0. The molecule has 1 amide bonds. The van der Waals surface area contributed by atoms with Gasteiger partial charge in [-0.1, -0.05) is 13.8 Å². The van der Waals surface area contributed by atoms with Crippen LogP contribution >= 0.6 is 0 Å². The van der Waals surface area contributed by atoms with Crippen LogP contribution < -0.4 is 11.1 Å². The van der Waals surface area contributed by atoms with Crippen LogP contribution in [0.5, 0.6) is 0 Å². The van der Waals surface area contributed by atoms with Crippen LogP contribution in [-0.2, 0) is 9.53 Å². The average molecular weight is 282 g/mol. The van der Waals surface area contributed by atoms with E-state index in [0.29, 0.717) is 6.42 Å². The molecule has 0 bridgehead atoms. The summed E-state index contributed by atoms with van der Waals surface area (Å²) in [4.78, 5) is 23.2. The summed E-state index contributed by atoms with van der Waals surface area (Å²) in [7, 11) is 1.22. The third-order valence-corrected chi connectivity index (χ3v) is 2.71. The first-order valence-corrected chi connectivity index (χ1v) is 6.29. The minimum Gasteiger partial charge on any atom is -0.465 e. The lowest BCUT2D eigenvalue weighted by Gasteiger charge is -2.15. The standard InChI is InChI=1S/C14H19FN2O3/c1-8(2)6-11(16)13(18)17-12-7-9(14(19)20-3)4-5-10(12)15/h4-5,7-8,11H,6,16H2,1-3H3,(H,17,18)/t11-/m1/s1. The number of esters is 1. The first-order chi connectivity index (χ1) is 9.35. The van der Waals surface area contributed by atoms with Crippen molar-refractivity contribution < 1.29 is 18.7 Å². The fourth-order valence-corrected chi connectivity index (χ4v) is 1.71. The molecule has 0 spiro atoms. The second kappa shape index (κ2) is 7.00. The summed E-state index contributed by atoms with van der Waals surface area (Å²) < 4.78 is 18.2. The van der Waals surface area contributed by atoms with E-state index in [0.717, 1.165) is 6.07 Å². The normalized spacial score (nSPS) is 12.1. The quantitative estimate of drug-likeness (QED) is 0.808. The highest BCUT2D eigenvalue weighted by Crippen LogP contribution is 2.17. The van der Waals surface area contributed by atoms with E-state index in [1.165, 1.54) is 19.2 Å². The number of hydrogen-bond acceptors (Lipinski definition) is 4. The molecule has 1 aromatic rings. The molecule has 0 saturated heterocycles. The molecule has 0 radical (unpaired) electrons. The molecule has 3 N–H and O–H groups in total. The molecule has 0 fully saturated rings. The Bertz CT molecular complexity index is 503. The molecule has 6 heteroatoms. The van der Waals surface area contributed by atoms with Crippen LogP contribution in [0.2, 0.25) is 0 Å². The second-order valence-electron chi connectivity index (χ2n) is 4.91. The highest BCUT2D eigenvalue weighted by atomic mass is 19.1. The molecule has 20 heavy (non-hydrogen) atoms. The van der Waals surface area contributed by atoms with Crippen molar-refractivity contribution in [2.45, 2.75) is 26.3 Å². The Balaban J connectivity index is 2.86. The Hall–Kier alpha value is -1.95. The predicted octanol–water partition coefficient (Wildman–Crippen LogP) is 1.92. The van der Waals surface area contributed by atoms with E-state index >= 15 is 0 Å². The first-order valence-electron chi connectivity index (χ1n) is 6.29. The summed E-state index contributed by atoms with van der Waals surface area (Å²) in [6.07, 6.45) is 0.490. The van der Waals surface area contributed by atoms with Gasteiger partial charge in [0.05, 0.1) is 24.4 Å². The van der Waals surface area contributed by atoms with Crippen molar-refractivity contribution >= 4 is 17.6 Å². The van der Waals surface area contributed by atoms with Crippen LogP contribution in [0.1, 0.15) is 30.6 Å². The zero-order valence-corrected chi connectivity index (χ0v) is 11.8. The highest BCUT2D eigenvalue weighted by Gasteiger charge is 2.17. The maximum Gasteiger partial charge on any atom is 0.337 e. The van der Waals surface area contributed by atoms with E-state index < -0.39 is 23.7 Å². The molecular weight excluding hydrogens is 263 g/mol. The predicted molar refractivity (Wildman–Crippen MR) is 73.8 cm³/mol. The van der Waals surface area contributed by atoms with Crippen molar-refractivity contribution in [3.8, 4) is 0 Å². The van der Waals surface area contributed by atoms with Crippen molar-refractivity contribution in [2.75, 3.05) is 12.4 Å². The minimum atomic E-state index is -0.726. The van der Waals surface area contributed by atoms with E-state index in [2.05, 4.69) is 10.1 Å². The van der Waals surface area contributed by atoms with E-state index in [9.17, 15) is 14.0 Å². The molecule has 0 saturated carbocycles. The number of benzene rings is 1. The lowest BCUT2D eigenvalue weighted by atomic mass is 10.0. The zero-order valence-electron chi connectivity index (χ0n) is 11.8. The maximum absolute atomic E-state index is 13.6. The Morgan fingerprint density at radius 1 is 1.40 bits per heavy atom. The first kappa shape index (κ1) is 16.1. The van der Waals surface area contributed by atoms with Gasteiger partial charge in [0.15, 0.2) is 0 Å². The molecule has 0 aromatic heterocycles. The third kappa shape index (κ3) is 4.31. The summed E-state index contributed by atoms with van der Waals surface area (Å²) in [5.41, 5.74) is 5.78. The molecule has 110 valence electrons. The minimum absolute atomic E-state index is 0.0860. The highest BCUT2D eigenvalue weighted by molar-refractivity contribution is 5.97. The lowest BCUT2D eigenvalue weighted by molar-refractivity contribution is -0.117. The SMILES string of the molecule is COC(=O)c1ccc(F)c(NC(=O)[C@H](N)CC(C)C)c1. The summed E-state index contributed by atoms with van der Waals surface area (Å²) in [5, 5.41) is 2.39. The molecule has 1 atom stereocenters. The van der Waals surface area contributed by atoms with Gasteiger partial charge in [-0.05, 0) is 30.5 Å².